The van der Waals surface area contributed by atoms with Gasteiger partial charge in [-0.1, -0.05) is 6.07 Å². The van der Waals surface area contributed by atoms with Gasteiger partial charge < -0.3 is 21.1 Å². The van der Waals surface area contributed by atoms with E-state index >= 15 is 0 Å². The third kappa shape index (κ3) is 4.50. The van der Waals surface area contributed by atoms with Crippen LogP contribution in [-0.2, 0) is 11.2 Å². The van der Waals surface area contributed by atoms with Crippen LogP contribution >= 0.6 is 0 Å². The average Bonchev–Trinajstić information content (AvgIpc) is 2.62. The Morgan fingerprint density at radius 2 is 2.08 bits per heavy atom. The molecule has 0 bridgehead atoms. The van der Waals surface area contributed by atoms with Crippen LogP contribution in [0.25, 0.3) is 0 Å². The Labute approximate surface area is 146 Å². The number of hydrogen-bond donors (Lipinski definition) is 3. The number of hydrogen-bond acceptors (Lipinski definition) is 4. The van der Waals surface area contributed by atoms with Gasteiger partial charge in [0.2, 0.25) is 11.8 Å². The Balaban J connectivity index is 1.50. The fourth-order valence-electron chi connectivity index (χ4n) is 2.78. The van der Waals surface area contributed by atoms with Crippen molar-refractivity contribution in [2.24, 2.45) is 5.73 Å². The number of nitrogens with two attached hydrogens (primary N) is 1. The van der Waals surface area contributed by atoms with E-state index in [4.69, 9.17) is 10.5 Å². The number of anilines is 2. The van der Waals surface area contributed by atoms with Crippen LogP contribution in [0.5, 0.6) is 5.75 Å². The van der Waals surface area contributed by atoms with Crippen molar-refractivity contribution in [2.45, 2.75) is 19.3 Å². The number of fused-ring (bicyclic) bond motifs is 1. The predicted molar refractivity (Wildman–Crippen MR) is 97.0 cm³/mol. The molecule has 2 aromatic rings. The molecule has 0 fully saturated rings. The van der Waals surface area contributed by atoms with Gasteiger partial charge in [0.15, 0.2) is 0 Å². The van der Waals surface area contributed by atoms with Gasteiger partial charge in [0, 0.05) is 23.5 Å². The van der Waals surface area contributed by atoms with Crippen molar-refractivity contribution in [3.8, 4) is 5.75 Å². The SMILES string of the molecule is NC(=O)c1cccc(OCCC(=O)Nc2ccc3c(c2)CCCN3)c1. The van der Waals surface area contributed by atoms with Gasteiger partial charge in [0.05, 0.1) is 13.0 Å². The van der Waals surface area contributed by atoms with Crippen LogP contribution in [0.15, 0.2) is 42.5 Å². The smallest absolute Gasteiger partial charge is 0.248 e. The second-order valence-corrected chi connectivity index (χ2v) is 5.94. The largest absolute Gasteiger partial charge is 0.493 e. The lowest BCUT2D eigenvalue weighted by atomic mass is 10.0. The van der Waals surface area contributed by atoms with Crippen LogP contribution in [0.1, 0.15) is 28.8 Å². The zero-order chi connectivity index (χ0) is 17.6. The molecule has 6 nitrogen and oxygen atoms in total. The molecule has 4 N–H and O–H groups in total. The normalized spacial score (nSPS) is 12.6. The molecule has 0 spiro atoms. The van der Waals surface area contributed by atoms with Gasteiger partial charge in [-0.05, 0) is 54.8 Å². The maximum Gasteiger partial charge on any atom is 0.248 e. The molecule has 25 heavy (non-hydrogen) atoms. The molecule has 2 amide bonds. The number of rotatable bonds is 6. The van der Waals surface area contributed by atoms with Crippen LogP contribution in [0, 0.1) is 0 Å². The summed E-state index contributed by atoms with van der Waals surface area (Å²) in [6.45, 7) is 1.22. The Morgan fingerprint density at radius 3 is 2.92 bits per heavy atom. The standard InChI is InChI=1S/C19H21N3O3/c20-19(24)14-3-1-5-16(12-14)25-10-8-18(23)22-15-6-7-17-13(11-15)4-2-9-21-17/h1,3,5-7,11-12,21H,2,4,8-10H2,(H2,20,24)(H,22,23). The first-order valence-electron chi connectivity index (χ1n) is 8.31. The van der Waals surface area contributed by atoms with Crippen LogP contribution in [0.2, 0.25) is 0 Å². The molecule has 0 aromatic heterocycles. The summed E-state index contributed by atoms with van der Waals surface area (Å²) in [6.07, 6.45) is 2.34. The summed E-state index contributed by atoms with van der Waals surface area (Å²) in [5.41, 5.74) is 8.77. The maximum absolute atomic E-state index is 12.1. The van der Waals surface area contributed by atoms with Gasteiger partial charge in [-0.2, -0.15) is 0 Å². The van der Waals surface area contributed by atoms with E-state index in [2.05, 4.69) is 10.6 Å². The van der Waals surface area contributed by atoms with E-state index in [1.807, 2.05) is 18.2 Å². The average molecular weight is 339 g/mol. The summed E-state index contributed by atoms with van der Waals surface area (Å²) >= 11 is 0. The Bertz CT molecular complexity index is 789. The molecular weight excluding hydrogens is 318 g/mol. The molecule has 6 heteroatoms. The van der Waals surface area contributed by atoms with Crippen molar-refractivity contribution in [3.63, 3.8) is 0 Å². The second kappa shape index (κ2) is 7.70. The van der Waals surface area contributed by atoms with Crippen molar-refractivity contribution in [1.29, 1.82) is 0 Å². The summed E-state index contributed by atoms with van der Waals surface area (Å²) in [7, 11) is 0. The van der Waals surface area contributed by atoms with Crippen LogP contribution < -0.4 is 21.1 Å². The molecule has 1 aliphatic rings. The van der Waals surface area contributed by atoms with Gasteiger partial charge in [0.25, 0.3) is 0 Å². The highest BCUT2D eigenvalue weighted by Crippen LogP contribution is 2.25. The number of ether oxygens (including phenoxy) is 1. The summed E-state index contributed by atoms with van der Waals surface area (Å²) in [5.74, 6) is -0.108. The lowest BCUT2D eigenvalue weighted by molar-refractivity contribution is -0.116. The van der Waals surface area contributed by atoms with E-state index in [0.717, 1.165) is 30.8 Å². The summed E-state index contributed by atoms with van der Waals surface area (Å²) < 4.78 is 5.52. The second-order valence-electron chi connectivity index (χ2n) is 5.94. The number of carbonyl (C=O) groups excluding carboxylic acids is 2. The third-order valence-corrected chi connectivity index (χ3v) is 4.04. The number of aryl methyl sites for hydroxylation is 1. The van der Waals surface area contributed by atoms with Crippen LogP contribution in [-0.4, -0.2) is 25.0 Å². The monoisotopic (exact) mass is 339 g/mol. The predicted octanol–water partition coefficient (Wildman–Crippen LogP) is 2.55. The Kier molecular flexibility index (Phi) is 5.18. The van der Waals surface area contributed by atoms with Crippen molar-refractivity contribution >= 4 is 23.2 Å². The van der Waals surface area contributed by atoms with Crippen molar-refractivity contribution in [3.05, 3.63) is 53.6 Å². The van der Waals surface area contributed by atoms with E-state index in [9.17, 15) is 9.59 Å². The molecular formula is C19H21N3O3. The van der Waals surface area contributed by atoms with E-state index in [1.165, 1.54) is 5.56 Å². The first-order valence-corrected chi connectivity index (χ1v) is 8.31. The molecule has 0 radical (unpaired) electrons. The number of amides is 2. The van der Waals surface area contributed by atoms with Gasteiger partial charge >= 0.3 is 0 Å². The summed E-state index contributed by atoms with van der Waals surface area (Å²) in [4.78, 5) is 23.2. The zero-order valence-electron chi connectivity index (χ0n) is 13.9. The van der Waals surface area contributed by atoms with Gasteiger partial charge in [-0.3, -0.25) is 9.59 Å². The zero-order valence-corrected chi connectivity index (χ0v) is 13.9. The van der Waals surface area contributed by atoms with Crippen molar-refractivity contribution in [2.75, 3.05) is 23.8 Å². The minimum absolute atomic E-state index is 0.116. The van der Waals surface area contributed by atoms with E-state index in [1.54, 1.807) is 24.3 Å². The third-order valence-electron chi connectivity index (χ3n) is 4.04. The minimum Gasteiger partial charge on any atom is -0.493 e. The van der Waals surface area contributed by atoms with E-state index < -0.39 is 5.91 Å². The highest BCUT2D eigenvalue weighted by atomic mass is 16.5. The number of primary amides is 1. The molecule has 0 atom stereocenters. The number of benzene rings is 2. The first-order chi connectivity index (χ1) is 12.1. The topological polar surface area (TPSA) is 93.5 Å². The van der Waals surface area contributed by atoms with Crippen LogP contribution in [0.3, 0.4) is 0 Å². The molecule has 2 aromatic carbocycles. The molecule has 1 heterocycles. The van der Waals surface area contributed by atoms with Crippen molar-refractivity contribution in [1.82, 2.24) is 0 Å². The molecule has 3 rings (SSSR count). The highest BCUT2D eigenvalue weighted by Gasteiger charge is 2.10. The number of nitrogens with one attached hydrogen (secondary N) is 2. The lowest BCUT2D eigenvalue weighted by Crippen LogP contribution is -2.16. The van der Waals surface area contributed by atoms with Crippen molar-refractivity contribution < 1.29 is 14.3 Å². The first kappa shape index (κ1) is 16.8. The summed E-state index contributed by atoms with van der Waals surface area (Å²) in [6, 6.07) is 12.5. The van der Waals surface area contributed by atoms with Gasteiger partial charge in [-0.15, -0.1) is 0 Å². The lowest BCUT2D eigenvalue weighted by Gasteiger charge is -2.18. The quantitative estimate of drug-likeness (QED) is 0.754. The molecule has 0 aliphatic carbocycles. The summed E-state index contributed by atoms with van der Waals surface area (Å²) in [5, 5.41) is 6.23. The molecule has 1 aliphatic heterocycles. The van der Waals surface area contributed by atoms with Crippen LogP contribution in [0.4, 0.5) is 11.4 Å². The number of carbonyl (C=O) groups is 2. The fourth-order valence-corrected chi connectivity index (χ4v) is 2.78. The van der Waals surface area contributed by atoms with Gasteiger partial charge in [-0.25, -0.2) is 0 Å². The molecule has 0 saturated heterocycles. The maximum atomic E-state index is 12.1. The molecule has 130 valence electrons. The van der Waals surface area contributed by atoms with Gasteiger partial charge in [0.1, 0.15) is 5.75 Å². The molecule has 0 saturated carbocycles. The molecule has 0 unspecified atom stereocenters. The van der Waals surface area contributed by atoms with E-state index in [0.29, 0.717) is 11.3 Å². The fraction of sp³-hybridized carbons (Fsp3) is 0.263. The Hall–Kier alpha value is -3.02. The Morgan fingerprint density at radius 1 is 1.20 bits per heavy atom. The minimum atomic E-state index is -0.509. The highest BCUT2D eigenvalue weighted by molar-refractivity contribution is 5.93. The van der Waals surface area contributed by atoms with E-state index in [-0.39, 0.29) is 18.9 Å².